The number of aliphatic hydroxyl groups excluding tert-OH is 1. The second kappa shape index (κ2) is 6.18. The summed E-state index contributed by atoms with van der Waals surface area (Å²) in [5.74, 6) is 0. The third-order valence-corrected chi connectivity index (χ3v) is 3.10. The molecule has 0 unspecified atom stereocenters. The van der Waals surface area contributed by atoms with Crippen LogP contribution in [0.5, 0.6) is 0 Å². The van der Waals surface area contributed by atoms with Crippen LogP contribution < -0.4 is 10.6 Å². The molecule has 5 heteroatoms. The Hall–Kier alpha value is -0.640. The van der Waals surface area contributed by atoms with Gasteiger partial charge in [0.25, 0.3) is 0 Å². The molecule has 0 saturated heterocycles. The second-order valence-electron chi connectivity index (χ2n) is 3.48. The first-order valence-electron chi connectivity index (χ1n) is 5.20. The lowest BCUT2D eigenvalue weighted by Crippen LogP contribution is -2.25. The van der Waals surface area contributed by atoms with Gasteiger partial charge in [-0.1, -0.05) is 23.2 Å². The number of aliphatic hydroxyl groups is 1. The van der Waals surface area contributed by atoms with Gasteiger partial charge in [0.2, 0.25) is 0 Å². The van der Waals surface area contributed by atoms with Gasteiger partial charge in [-0.05, 0) is 25.5 Å². The number of nitrogens with zero attached hydrogens (tertiary/aromatic N) is 1. The smallest absolute Gasteiger partial charge is 0.0615 e. The summed E-state index contributed by atoms with van der Waals surface area (Å²) in [5.41, 5.74) is 7.36. The van der Waals surface area contributed by atoms with Crippen LogP contribution in [0.3, 0.4) is 0 Å². The van der Waals surface area contributed by atoms with Gasteiger partial charge in [0.1, 0.15) is 0 Å². The van der Waals surface area contributed by atoms with E-state index in [0.717, 1.165) is 18.8 Å². The quantitative estimate of drug-likeness (QED) is 0.803. The number of hydrogen-bond donors (Lipinski definition) is 2. The second-order valence-corrected chi connectivity index (χ2v) is 4.30. The number of nitrogen functional groups attached to an aromatic ring is 1. The molecule has 0 fully saturated rings. The van der Waals surface area contributed by atoms with Gasteiger partial charge in [0.05, 0.1) is 21.4 Å². The van der Waals surface area contributed by atoms with Gasteiger partial charge in [-0.2, -0.15) is 0 Å². The van der Waals surface area contributed by atoms with Gasteiger partial charge in [-0.3, -0.25) is 0 Å². The van der Waals surface area contributed by atoms with E-state index >= 15 is 0 Å². The molecule has 0 aliphatic carbocycles. The summed E-state index contributed by atoms with van der Waals surface area (Å²) >= 11 is 11.8. The molecule has 3 N–H and O–H groups in total. The summed E-state index contributed by atoms with van der Waals surface area (Å²) in [7, 11) is 0. The molecule has 0 saturated carbocycles. The number of rotatable bonds is 5. The van der Waals surface area contributed by atoms with Crippen molar-refractivity contribution in [3.63, 3.8) is 0 Å². The van der Waals surface area contributed by atoms with E-state index in [0.29, 0.717) is 22.2 Å². The van der Waals surface area contributed by atoms with Crippen molar-refractivity contribution in [1.29, 1.82) is 0 Å². The minimum Gasteiger partial charge on any atom is -0.397 e. The summed E-state index contributed by atoms with van der Waals surface area (Å²) in [4.78, 5) is 2.06. The van der Waals surface area contributed by atoms with E-state index in [4.69, 9.17) is 34.0 Å². The van der Waals surface area contributed by atoms with Gasteiger partial charge in [0, 0.05) is 19.7 Å². The number of hydrogen-bond acceptors (Lipinski definition) is 3. The van der Waals surface area contributed by atoms with E-state index in [1.54, 1.807) is 12.1 Å². The highest BCUT2D eigenvalue weighted by molar-refractivity contribution is 6.42. The average Bonchev–Trinajstić information content (AvgIpc) is 2.26. The maximum absolute atomic E-state index is 8.82. The maximum Gasteiger partial charge on any atom is 0.0615 e. The van der Waals surface area contributed by atoms with E-state index in [-0.39, 0.29) is 6.61 Å². The zero-order valence-electron chi connectivity index (χ0n) is 9.21. The van der Waals surface area contributed by atoms with Crippen LogP contribution in [-0.2, 0) is 0 Å². The monoisotopic (exact) mass is 262 g/mol. The normalized spacial score (nSPS) is 10.5. The molecule has 16 heavy (non-hydrogen) atoms. The number of halogens is 2. The first kappa shape index (κ1) is 13.4. The summed E-state index contributed by atoms with van der Waals surface area (Å²) in [5, 5.41) is 9.77. The third-order valence-electron chi connectivity index (χ3n) is 2.38. The summed E-state index contributed by atoms with van der Waals surface area (Å²) in [6.45, 7) is 3.74. The first-order valence-corrected chi connectivity index (χ1v) is 5.96. The Morgan fingerprint density at radius 2 is 1.94 bits per heavy atom. The lowest BCUT2D eigenvalue weighted by molar-refractivity contribution is 0.289. The highest BCUT2D eigenvalue weighted by Gasteiger charge is 2.10. The van der Waals surface area contributed by atoms with Crippen LogP contribution in [0.25, 0.3) is 0 Å². The number of anilines is 2. The largest absolute Gasteiger partial charge is 0.397 e. The molecule has 0 aliphatic rings. The Morgan fingerprint density at radius 1 is 1.31 bits per heavy atom. The molecule has 0 radical (unpaired) electrons. The van der Waals surface area contributed by atoms with Gasteiger partial charge in [0.15, 0.2) is 0 Å². The van der Waals surface area contributed by atoms with E-state index in [2.05, 4.69) is 4.90 Å². The fraction of sp³-hybridized carbons (Fsp3) is 0.455. The molecule has 3 nitrogen and oxygen atoms in total. The Balaban J connectivity index is 2.95. The van der Waals surface area contributed by atoms with Crippen molar-refractivity contribution >= 4 is 34.6 Å². The van der Waals surface area contributed by atoms with Gasteiger partial charge >= 0.3 is 0 Å². The van der Waals surface area contributed by atoms with Crippen molar-refractivity contribution in [3.8, 4) is 0 Å². The van der Waals surface area contributed by atoms with E-state index in [1.807, 2.05) is 6.92 Å². The zero-order valence-corrected chi connectivity index (χ0v) is 10.7. The van der Waals surface area contributed by atoms with Crippen molar-refractivity contribution in [2.75, 3.05) is 30.3 Å². The topological polar surface area (TPSA) is 49.5 Å². The number of nitrogens with two attached hydrogens (primary N) is 1. The molecule has 0 spiro atoms. The molecule has 0 aliphatic heterocycles. The molecular formula is C11H16Cl2N2O. The minimum absolute atomic E-state index is 0.164. The molecule has 0 bridgehead atoms. The lowest BCUT2D eigenvalue weighted by Gasteiger charge is -2.24. The van der Waals surface area contributed by atoms with E-state index in [1.165, 1.54) is 0 Å². The lowest BCUT2D eigenvalue weighted by atomic mass is 10.2. The Labute approximate surface area is 106 Å². The van der Waals surface area contributed by atoms with Crippen LogP contribution in [0.15, 0.2) is 12.1 Å². The van der Waals surface area contributed by atoms with Gasteiger partial charge in [-0.25, -0.2) is 0 Å². The summed E-state index contributed by atoms with van der Waals surface area (Å²) < 4.78 is 0. The molecule has 0 aromatic heterocycles. The van der Waals surface area contributed by atoms with Crippen LogP contribution in [0.1, 0.15) is 13.3 Å². The van der Waals surface area contributed by atoms with Crippen molar-refractivity contribution < 1.29 is 5.11 Å². The maximum atomic E-state index is 8.82. The molecule has 1 aromatic rings. The molecule has 90 valence electrons. The third kappa shape index (κ3) is 3.17. The van der Waals surface area contributed by atoms with Gasteiger partial charge < -0.3 is 15.7 Å². The molecule has 0 heterocycles. The van der Waals surface area contributed by atoms with Crippen LogP contribution in [0.4, 0.5) is 11.4 Å². The average molecular weight is 263 g/mol. The fourth-order valence-corrected chi connectivity index (χ4v) is 1.87. The minimum atomic E-state index is 0.164. The summed E-state index contributed by atoms with van der Waals surface area (Å²) in [6, 6.07) is 3.42. The van der Waals surface area contributed by atoms with Crippen LogP contribution in [0.2, 0.25) is 10.0 Å². The predicted molar refractivity (Wildman–Crippen MR) is 70.5 cm³/mol. The van der Waals surface area contributed by atoms with Crippen molar-refractivity contribution in [3.05, 3.63) is 22.2 Å². The predicted octanol–water partition coefficient (Wildman–Crippen LogP) is 2.78. The zero-order chi connectivity index (χ0) is 12.1. The molecule has 1 rings (SSSR count). The highest BCUT2D eigenvalue weighted by atomic mass is 35.5. The van der Waals surface area contributed by atoms with E-state index < -0.39 is 0 Å². The fourth-order valence-electron chi connectivity index (χ4n) is 1.54. The van der Waals surface area contributed by atoms with Gasteiger partial charge in [-0.15, -0.1) is 0 Å². The van der Waals surface area contributed by atoms with Crippen molar-refractivity contribution in [1.82, 2.24) is 0 Å². The molecular weight excluding hydrogens is 247 g/mol. The standard InChI is InChI=1S/C11H16Cl2N2O/c1-2-15(4-3-5-16)11-7-9(13)8(12)6-10(11)14/h6-7,16H,2-5,14H2,1H3. The van der Waals surface area contributed by atoms with Crippen LogP contribution in [0, 0.1) is 0 Å². The van der Waals surface area contributed by atoms with E-state index in [9.17, 15) is 0 Å². The van der Waals surface area contributed by atoms with Crippen LogP contribution >= 0.6 is 23.2 Å². The summed E-state index contributed by atoms with van der Waals surface area (Å²) in [6.07, 6.45) is 0.702. The first-order chi connectivity index (χ1) is 7.60. The molecule has 0 amide bonds. The molecule has 0 atom stereocenters. The SMILES string of the molecule is CCN(CCCO)c1cc(Cl)c(Cl)cc1N. The Bertz CT molecular complexity index is 358. The molecule has 1 aromatic carbocycles. The Kier molecular flexibility index (Phi) is 5.19. The van der Waals surface area contributed by atoms with Crippen molar-refractivity contribution in [2.24, 2.45) is 0 Å². The van der Waals surface area contributed by atoms with Crippen LogP contribution in [-0.4, -0.2) is 24.8 Å². The highest BCUT2D eigenvalue weighted by Crippen LogP contribution is 2.33. The Morgan fingerprint density at radius 3 is 2.50 bits per heavy atom. The number of benzene rings is 1. The van der Waals surface area contributed by atoms with Crippen molar-refractivity contribution in [2.45, 2.75) is 13.3 Å².